The van der Waals surface area contributed by atoms with Gasteiger partial charge in [0.1, 0.15) is 12.2 Å². The predicted molar refractivity (Wildman–Crippen MR) is 75.0 cm³/mol. The van der Waals surface area contributed by atoms with Gasteiger partial charge in [-0.15, -0.1) is 10.2 Å². The lowest BCUT2D eigenvalue weighted by molar-refractivity contribution is 0.501. The molecule has 0 amide bonds. The first-order chi connectivity index (χ1) is 8.70. The number of hydrogen-bond acceptors (Lipinski definition) is 3. The average molecular weight is 309 g/mol. The van der Waals surface area contributed by atoms with Gasteiger partial charge in [0, 0.05) is 17.6 Å². The summed E-state index contributed by atoms with van der Waals surface area (Å²) in [5, 5.41) is 11.5. The first-order valence-electron chi connectivity index (χ1n) is 6.02. The molecule has 0 aliphatic carbocycles. The molecule has 2 aromatic rings. The molecule has 1 aromatic carbocycles. The number of rotatable bonds is 5. The first kappa shape index (κ1) is 13.2. The molecule has 2 rings (SSSR count). The van der Waals surface area contributed by atoms with Gasteiger partial charge in [-0.25, -0.2) is 0 Å². The Kier molecular flexibility index (Phi) is 4.49. The van der Waals surface area contributed by atoms with Gasteiger partial charge < -0.3 is 9.88 Å². The Morgan fingerprint density at radius 2 is 2.28 bits per heavy atom. The number of aryl methyl sites for hydroxylation is 1. The van der Waals surface area contributed by atoms with Crippen molar-refractivity contribution < 1.29 is 0 Å². The summed E-state index contributed by atoms with van der Waals surface area (Å²) in [5.41, 5.74) is 1.29. The second-order valence-electron chi connectivity index (χ2n) is 4.25. The van der Waals surface area contributed by atoms with Crippen LogP contribution in [-0.2, 0) is 13.6 Å². The highest BCUT2D eigenvalue weighted by Crippen LogP contribution is 2.20. The summed E-state index contributed by atoms with van der Waals surface area (Å²) in [6.07, 6.45) is 2.76. The molecule has 5 heteroatoms. The van der Waals surface area contributed by atoms with E-state index in [1.165, 1.54) is 5.56 Å². The Balaban J connectivity index is 2.04. The largest absolute Gasteiger partial charge is 0.320 e. The summed E-state index contributed by atoms with van der Waals surface area (Å²) < 4.78 is 3.04. The molecule has 0 fully saturated rings. The van der Waals surface area contributed by atoms with E-state index in [-0.39, 0.29) is 0 Å². The van der Waals surface area contributed by atoms with E-state index in [1.54, 1.807) is 6.33 Å². The van der Waals surface area contributed by atoms with Crippen molar-refractivity contribution in [3.8, 4) is 0 Å². The van der Waals surface area contributed by atoms with Gasteiger partial charge in [0.25, 0.3) is 0 Å². The summed E-state index contributed by atoms with van der Waals surface area (Å²) in [4.78, 5) is 0. The minimum absolute atomic E-state index is 0.333. The van der Waals surface area contributed by atoms with Crippen LogP contribution in [-0.4, -0.2) is 14.8 Å². The van der Waals surface area contributed by atoms with Crippen molar-refractivity contribution in [1.82, 2.24) is 20.1 Å². The maximum absolute atomic E-state index is 4.07. The van der Waals surface area contributed by atoms with E-state index < -0.39 is 0 Å². The lowest BCUT2D eigenvalue weighted by Crippen LogP contribution is -2.22. The van der Waals surface area contributed by atoms with Crippen molar-refractivity contribution in [3.63, 3.8) is 0 Å². The molecule has 1 aromatic heterocycles. The van der Waals surface area contributed by atoms with Crippen molar-refractivity contribution in [3.05, 3.63) is 46.5 Å². The number of halogens is 1. The molecule has 96 valence electrons. The van der Waals surface area contributed by atoms with Gasteiger partial charge >= 0.3 is 0 Å². The number of nitrogens with zero attached hydrogens (tertiary/aromatic N) is 3. The van der Waals surface area contributed by atoms with Crippen LogP contribution in [0.25, 0.3) is 0 Å². The Morgan fingerprint density at radius 3 is 2.89 bits per heavy atom. The van der Waals surface area contributed by atoms with E-state index in [9.17, 15) is 0 Å². The molecule has 1 heterocycles. The topological polar surface area (TPSA) is 42.7 Å². The second-order valence-corrected chi connectivity index (χ2v) is 5.17. The van der Waals surface area contributed by atoms with Crippen LogP contribution in [0.5, 0.6) is 0 Å². The molecule has 0 aliphatic rings. The molecular formula is C13H17BrN4. The van der Waals surface area contributed by atoms with Crippen molar-refractivity contribution in [1.29, 1.82) is 0 Å². The Bertz CT molecular complexity index is 509. The number of nitrogens with one attached hydrogen (secondary N) is 1. The minimum atomic E-state index is 0.333. The average Bonchev–Trinajstić information content (AvgIpc) is 2.76. The van der Waals surface area contributed by atoms with Gasteiger partial charge in [0.2, 0.25) is 0 Å². The standard InChI is InChI=1S/C13H17BrN4/c1-3-12(10-5-4-6-11(14)7-10)15-8-13-17-16-9-18(13)2/h4-7,9,12,15H,3,8H2,1-2H3. The molecule has 0 spiro atoms. The second kappa shape index (κ2) is 6.11. The number of hydrogen-bond donors (Lipinski definition) is 1. The molecule has 1 unspecified atom stereocenters. The van der Waals surface area contributed by atoms with E-state index in [4.69, 9.17) is 0 Å². The summed E-state index contributed by atoms with van der Waals surface area (Å²) in [7, 11) is 1.96. The molecular weight excluding hydrogens is 292 g/mol. The Hall–Kier alpha value is -1.20. The van der Waals surface area contributed by atoms with Gasteiger partial charge in [0.05, 0.1) is 6.54 Å². The zero-order chi connectivity index (χ0) is 13.0. The van der Waals surface area contributed by atoms with Crippen LogP contribution in [0.2, 0.25) is 0 Å². The summed E-state index contributed by atoms with van der Waals surface area (Å²) in [6.45, 7) is 2.90. The lowest BCUT2D eigenvalue weighted by atomic mass is 10.0. The van der Waals surface area contributed by atoms with Crippen LogP contribution in [0, 0.1) is 0 Å². The highest BCUT2D eigenvalue weighted by Gasteiger charge is 2.10. The van der Waals surface area contributed by atoms with Crippen molar-refractivity contribution in [2.45, 2.75) is 25.9 Å². The van der Waals surface area contributed by atoms with Crippen LogP contribution in [0.3, 0.4) is 0 Å². The molecule has 0 bridgehead atoms. The normalized spacial score (nSPS) is 12.6. The van der Waals surface area contributed by atoms with Crippen molar-refractivity contribution in [2.75, 3.05) is 0 Å². The molecule has 0 saturated carbocycles. The van der Waals surface area contributed by atoms with Crippen LogP contribution in [0.1, 0.15) is 30.8 Å². The SMILES string of the molecule is CCC(NCc1nncn1C)c1cccc(Br)c1. The zero-order valence-electron chi connectivity index (χ0n) is 10.6. The molecule has 0 saturated heterocycles. The molecule has 0 radical (unpaired) electrons. The Labute approximate surface area is 116 Å². The van der Waals surface area contributed by atoms with E-state index in [1.807, 2.05) is 17.7 Å². The number of benzene rings is 1. The lowest BCUT2D eigenvalue weighted by Gasteiger charge is -2.17. The monoisotopic (exact) mass is 308 g/mol. The predicted octanol–water partition coefficient (Wildman–Crippen LogP) is 2.82. The smallest absolute Gasteiger partial charge is 0.146 e. The maximum atomic E-state index is 4.07. The zero-order valence-corrected chi connectivity index (χ0v) is 12.2. The number of aromatic nitrogens is 3. The van der Waals surface area contributed by atoms with Gasteiger partial charge in [-0.2, -0.15) is 0 Å². The van der Waals surface area contributed by atoms with E-state index in [2.05, 4.69) is 56.6 Å². The van der Waals surface area contributed by atoms with Gasteiger partial charge in [-0.3, -0.25) is 0 Å². The van der Waals surface area contributed by atoms with Crippen molar-refractivity contribution in [2.24, 2.45) is 7.05 Å². The van der Waals surface area contributed by atoms with Crippen molar-refractivity contribution >= 4 is 15.9 Å². The fourth-order valence-electron chi connectivity index (χ4n) is 1.90. The third-order valence-corrected chi connectivity index (χ3v) is 3.46. The summed E-state index contributed by atoms with van der Waals surface area (Å²) >= 11 is 3.51. The van der Waals surface area contributed by atoms with E-state index in [0.717, 1.165) is 23.3 Å². The van der Waals surface area contributed by atoms with E-state index >= 15 is 0 Å². The molecule has 0 aliphatic heterocycles. The fraction of sp³-hybridized carbons (Fsp3) is 0.385. The van der Waals surface area contributed by atoms with Gasteiger partial charge in [0.15, 0.2) is 0 Å². The maximum Gasteiger partial charge on any atom is 0.146 e. The van der Waals surface area contributed by atoms with E-state index in [0.29, 0.717) is 6.04 Å². The van der Waals surface area contributed by atoms with Gasteiger partial charge in [-0.05, 0) is 24.1 Å². The van der Waals surface area contributed by atoms with Crippen LogP contribution in [0.15, 0.2) is 35.1 Å². The molecule has 4 nitrogen and oxygen atoms in total. The van der Waals surface area contributed by atoms with Crippen LogP contribution >= 0.6 is 15.9 Å². The third-order valence-electron chi connectivity index (χ3n) is 2.97. The molecule has 18 heavy (non-hydrogen) atoms. The Morgan fingerprint density at radius 1 is 1.44 bits per heavy atom. The molecule has 1 N–H and O–H groups in total. The quantitative estimate of drug-likeness (QED) is 0.923. The highest BCUT2D eigenvalue weighted by atomic mass is 79.9. The summed E-state index contributed by atoms with van der Waals surface area (Å²) in [6, 6.07) is 8.73. The van der Waals surface area contributed by atoms with Gasteiger partial charge in [-0.1, -0.05) is 35.0 Å². The van der Waals surface area contributed by atoms with Crippen LogP contribution in [0.4, 0.5) is 0 Å². The third kappa shape index (κ3) is 3.17. The first-order valence-corrected chi connectivity index (χ1v) is 6.81. The van der Waals surface area contributed by atoms with Crippen LogP contribution < -0.4 is 5.32 Å². The fourth-order valence-corrected chi connectivity index (χ4v) is 2.32. The molecule has 1 atom stereocenters. The highest BCUT2D eigenvalue weighted by molar-refractivity contribution is 9.10. The minimum Gasteiger partial charge on any atom is -0.320 e. The summed E-state index contributed by atoms with van der Waals surface area (Å²) in [5.74, 6) is 0.948.